The van der Waals surface area contributed by atoms with Crippen molar-refractivity contribution in [3.05, 3.63) is 88.6 Å². The van der Waals surface area contributed by atoms with Crippen molar-refractivity contribution in [3.63, 3.8) is 0 Å². The molecule has 3 aromatic rings. The van der Waals surface area contributed by atoms with Crippen molar-refractivity contribution in [2.24, 2.45) is 5.41 Å². The molecule has 0 bridgehead atoms. The molecule has 0 saturated carbocycles. The molecule has 0 radical (unpaired) electrons. The number of carbonyl (C=O) groups excluding carboxylic acids is 3. The number of carbonyl (C=O) groups is 3. The van der Waals surface area contributed by atoms with Crippen molar-refractivity contribution >= 4 is 29.4 Å². The van der Waals surface area contributed by atoms with Crippen LogP contribution in [0.5, 0.6) is 0 Å². The van der Waals surface area contributed by atoms with E-state index in [-0.39, 0.29) is 29.8 Å². The summed E-state index contributed by atoms with van der Waals surface area (Å²) in [5, 5.41) is 12.7. The molecule has 1 unspecified atom stereocenters. The normalized spacial score (nSPS) is 21.1. The Labute approximate surface area is 264 Å². The van der Waals surface area contributed by atoms with Crippen LogP contribution in [0.4, 0.5) is 16.3 Å². The summed E-state index contributed by atoms with van der Waals surface area (Å²) in [6.45, 7) is 4.41. The highest BCUT2D eigenvalue weighted by atomic mass is 16.2. The van der Waals surface area contributed by atoms with E-state index in [1.165, 1.54) is 0 Å². The van der Waals surface area contributed by atoms with E-state index >= 15 is 0 Å². The number of fused-ring (bicyclic) bond motifs is 3. The second-order valence-corrected chi connectivity index (χ2v) is 13.2. The van der Waals surface area contributed by atoms with Gasteiger partial charge in [-0.05, 0) is 98.1 Å². The summed E-state index contributed by atoms with van der Waals surface area (Å²) in [4.78, 5) is 48.8. The zero-order valence-corrected chi connectivity index (χ0v) is 25.8. The van der Waals surface area contributed by atoms with Crippen molar-refractivity contribution < 1.29 is 14.4 Å². The summed E-state index contributed by atoms with van der Waals surface area (Å²) in [6, 6.07) is 17.7. The number of likely N-dealkylation sites (tertiary alicyclic amines) is 1. The van der Waals surface area contributed by atoms with Crippen LogP contribution in [-0.4, -0.2) is 72.4 Å². The molecule has 4 N–H and O–H groups in total. The molecule has 2 saturated heterocycles. The smallest absolute Gasteiger partial charge is 0.320 e. The first kappa shape index (κ1) is 29.4. The molecule has 1 atom stereocenters. The highest BCUT2D eigenvalue weighted by Crippen LogP contribution is 2.47. The zero-order chi connectivity index (χ0) is 31.0. The lowest BCUT2D eigenvalue weighted by Crippen LogP contribution is -2.46. The Morgan fingerprint density at radius 2 is 1.80 bits per heavy atom. The summed E-state index contributed by atoms with van der Waals surface area (Å²) in [5.74, 6) is 0.360. The van der Waals surface area contributed by atoms with Gasteiger partial charge in [0.25, 0.3) is 0 Å². The average molecular weight is 608 g/mol. The van der Waals surface area contributed by atoms with Gasteiger partial charge in [-0.15, -0.1) is 0 Å². The van der Waals surface area contributed by atoms with Crippen molar-refractivity contribution in [3.8, 4) is 0 Å². The average Bonchev–Trinajstić information content (AvgIpc) is 3.71. The maximum Gasteiger partial charge on any atom is 0.320 e. The van der Waals surface area contributed by atoms with E-state index in [0.717, 1.165) is 66.7 Å². The van der Waals surface area contributed by atoms with Crippen molar-refractivity contribution in [1.82, 2.24) is 25.4 Å². The number of rotatable bonds is 7. The Balaban J connectivity index is 1.08. The van der Waals surface area contributed by atoms with Crippen LogP contribution < -0.4 is 21.3 Å². The van der Waals surface area contributed by atoms with Crippen LogP contribution in [0.25, 0.3) is 0 Å². The molecule has 45 heavy (non-hydrogen) atoms. The number of anilines is 2. The summed E-state index contributed by atoms with van der Waals surface area (Å²) in [7, 11) is 1.91. The van der Waals surface area contributed by atoms with Gasteiger partial charge in [-0.2, -0.15) is 0 Å². The fraction of sp³-hybridized carbons (Fsp3) is 0.429. The lowest BCUT2D eigenvalue weighted by Gasteiger charge is -2.34. The van der Waals surface area contributed by atoms with E-state index in [2.05, 4.69) is 32.3 Å². The molecular weight excluding hydrogens is 566 g/mol. The van der Waals surface area contributed by atoms with Crippen LogP contribution in [0.2, 0.25) is 0 Å². The minimum Gasteiger partial charge on any atom is -0.325 e. The van der Waals surface area contributed by atoms with E-state index < -0.39 is 5.41 Å². The standard InChI is InChI=1S/C35H41N7O3/c1-36-20-25-5-2-3-6-26(25)21-42(33(45)41-16-12-34(23-41)10-14-37-15-11-34)22-30(43)39-28-9-8-24-18-35(19-27(24)17-28)29-7-4-13-38-31(29)40-32(35)44/h2-9,13,17,36-37H,10-12,14-16,18-23H2,1H3,(H,39,43)(H,38,40,44). The molecule has 4 heterocycles. The molecule has 2 aromatic carbocycles. The molecule has 2 spiro atoms. The van der Waals surface area contributed by atoms with Crippen LogP contribution in [-0.2, 0) is 40.9 Å². The number of hydrogen-bond acceptors (Lipinski definition) is 6. The number of piperidine rings is 1. The third kappa shape index (κ3) is 5.57. The molecular formula is C35H41N7O3. The van der Waals surface area contributed by atoms with Gasteiger partial charge in [0, 0.05) is 43.6 Å². The Morgan fingerprint density at radius 3 is 2.62 bits per heavy atom. The van der Waals surface area contributed by atoms with E-state index in [4.69, 9.17) is 0 Å². The van der Waals surface area contributed by atoms with Gasteiger partial charge in [-0.25, -0.2) is 9.78 Å². The van der Waals surface area contributed by atoms with Gasteiger partial charge in [0.05, 0.1) is 5.41 Å². The number of amides is 4. The molecule has 234 valence electrons. The highest BCUT2D eigenvalue weighted by molar-refractivity contribution is 6.06. The minimum absolute atomic E-state index is 0.0288. The van der Waals surface area contributed by atoms with Crippen LogP contribution in [0.1, 0.15) is 47.1 Å². The third-order valence-electron chi connectivity index (χ3n) is 10.3. The predicted octanol–water partition coefficient (Wildman–Crippen LogP) is 3.43. The number of nitrogens with one attached hydrogen (secondary N) is 4. The minimum atomic E-state index is -0.667. The number of benzene rings is 2. The molecule has 4 aliphatic rings. The van der Waals surface area contributed by atoms with E-state index in [1.54, 1.807) is 11.1 Å². The van der Waals surface area contributed by atoms with Crippen LogP contribution in [0.3, 0.4) is 0 Å². The first-order valence-corrected chi connectivity index (χ1v) is 16.0. The number of urea groups is 1. The van der Waals surface area contributed by atoms with Gasteiger partial charge in [0.1, 0.15) is 12.4 Å². The van der Waals surface area contributed by atoms with Gasteiger partial charge in [-0.1, -0.05) is 36.4 Å². The quantitative estimate of drug-likeness (QED) is 0.327. The van der Waals surface area contributed by atoms with Gasteiger partial charge in [0.2, 0.25) is 11.8 Å². The van der Waals surface area contributed by atoms with Crippen molar-refractivity contribution in [2.75, 3.05) is 50.4 Å². The Bertz CT molecular complexity index is 1630. The molecule has 3 aliphatic heterocycles. The molecule has 1 aliphatic carbocycles. The Hall–Kier alpha value is -4.28. The van der Waals surface area contributed by atoms with Crippen molar-refractivity contribution in [2.45, 2.75) is 50.6 Å². The first-order chi connectivity index (χ1) is 21.9. The maximum atomic E-state index is 14.1. The maximum absolute atomic E-state index is 14.1. The fourth-order valence-corrected chi connectivity index (χ4v) is 7.85. The van der Waals surface area contributed by atoms with Gasteiger partial charge < -0.3 is 31.1 Å². The number of nitrogens with zero attached hydrogens (tertiary/aromatic N) is 3. The first-order valence-electron chi connectivity index (χ1n) is 16.0. The van der Waals surface area contributed by atoms with Crippen molar-refractivity contribution in [1.29, 1.82) is 0 Å². The molecule has 7 rings (SSSR count). The SMILES string of the molecule is CNCc1ccccc1CN(CC(=O)Nc1ccc2c(c1)CC1(C2)C(=O)Nc2ncccc21)C(=O)N1CCC2(CCNCC2)C1. The number of pyridine rings is 1. The predicted molar refractivity (Wildman–Crippen MR) is 173 cm³/mol. The summed E-state index contributed by atoms with van der Waals surface area (Å²) < 4.78 is 0. The van der Waals surface area contributed by atoms with E-state index in [1.807, 2.05) is 60.5 Å². The third-order valence-corrected chi connectivity index (χ3v) is 10.3. The van der Waals surface area contributed by atoms with Crippen LogP contribution >= 0.6 is 0 Å². The molecule has 4 amide bonds. The van der Waals surface area contributed by atoms with E-state index in [0.29, 0.717) is 44.0 Å². The fourth-order valence-electron chi connectivity index (χ4n) is 7.85. The summed E-state index contributed by atoms with van der Waals surface area (Å²) in [6.07, 6.45) is 6.00. The van der Waals surface area contributed by atoms with E-state index in [9.17, 15) is 14.4 Å². The molecule has 2 fully saturated rings. The molecule has 10 heteroatoms. The lowest BCUT2D eigenvalue weighted by atomic mass is 9.78. The number of aromatic nitrogens is 1. The topological polar surface area (TPSA) is 119 Å². The second-order valence-electron chi connectivity index (χ2n) is 13.2. The molecule has 1 aromatic heterocycles. The largest absolute Gasteiger partial charge is 0.325 e. The summed E-state index contributed by atoms with van der Waals surface area (Å²) >= 11 is 0. The summed E-state index contributed by atoms with van der Waals surface area (Å²) in [5.41, 5.74) is 5.37. The van der Waals surface area contributed by atoms with Gasteiger partial charge in [0.15, 0.2) is 0 Å². The molecule has 10 nitrogen and oxygen atoms in total. The second kappa shape index (κ2) is 11.9. The zero-order valence-electron chi connectivity index (χ0n) is 25.8. The Morgan fingerprint density at radius 1 is 1.00 bits per heavy atom. The Kier molecular flexibility index (Phi) is 7.79. The van der Waals surface area contributed by atoms with Gasteiger partial charge >= 0.3 is 6.03 Å². The highest BCUT2D eigenvalue weighted by Gasteiger charge is 2.51. The van der Waals surface area contributed by atoms with Crippen LogP contribution in [0.15, 0.2) is 60.8 Å². The van der Waals surface area contributed by atoms with Gasteiger partial charge in [-0.3, -0.25) is 9.59 Å². The van der Waals surface area contributed by atoms with Crippen LogP contribution in [0, 0.1) is 5.41 Å². The lowest BCUT2D eigenvalue weighted by molar-refractivity contribution is -0.120. The number of hydrogen-bond donors (Lipinski definition) is 4. The monoisotopic (exact) mass is 607 g/mol.